The molecule has 0 aromatic carbocycles. The molecule has 1 amide bonds. The summed E-state index contributed by atoms with van der Waals surface area (Å²) in [6.07, 6.45) is 52.7. The summed E-state index contributed by atoms with van der Waals surface area (Å²) in [4.78, 5) is 36.5. The van der Waals surface area contributed by atoms with E-state index in [1.54, 1.807) is 0 Å². The second-order valence-electron chi connectivity index (χ2n) is 17.6. The minimum Gasteiger partial charge on any atom is -0.480 e. The van der Waals surface area contributed by atoms with Crippen molar-refractivity contribution in [3.63, 3.8) is 0 Å². The smallest absolute Gasteiger partial charge is 0.326 e. The lowest BCUT2D eigenvalue weighted by atomic mass is 10.0. The van der Waals surface area contributed by atoms with Crippen LogP contribution in [0.2, 0.25) is 0 Å². The van der Waals surface area contributed by atoms with E-state index in [0.717, 1.165) is 70.6 Å². The molecule has 0 aliphatic rings. The number of unbranched alkanes of at least 4 members (excludes halogenated alkanes) is 31. The highest BCUT2D eigenvalue weighted by molar-refractivity contribution is 5.83. The lowest BCUT2D eigenvalue weighted by Gasteiger charge is -2.18. The Bertz CT molecular complexity index is 925. The van der Waals surface area contributed by atoms with Crippen molar-refractivity contribution in [1.82, 2.24) is 5.32 Å². The minimum atomic E-state index is -1.00. The molecule has 0 aromatic heterocycles. The van der Waals surface area contributed by atoms with E-state index < -0.39 is 12.0 Å². The highest BCUT2D eigenvalue weighted by Crippen LogP contribution is 2.19. The SMILES string of the molecule is CCCCCCCCCC/C=C\CCCC(CCCCCCCC(=O)NC(CCCN)C(=O)O)OC(=O)CCCCCCCCCCCCCCCCCCCCC. The van der Waals surface area contributed by atoms with Gasteiger partial charge in [-0.1, -0.05) is 206 Å². The quantitative estimate of drug-likeness (QED) is 0.0320. The molecule has 0 saturated heterocycles. The van der Waals surface area contributed by atoms with Gasteiger partial charge in [-0.2, -0.15) is 0 Å². The van der Waals surface area contributed by atoms with Gasteiger partial charge in [0.2, 0.25) is 5.91 Å². The molecular weight excluding hydrogens is 721 g/mol. The van der Waals surface area contributed by atoms with Gasteiger partial charge in [-0.05, 0) is 77.2 Å². The fraction of sp³-hybridized carbons (Fsp3) is 0.902. The molecule has 2 unspecified atom stereocenters. The molecule has 0 heterocycles. The summed E-state index contributed by atoms with van der Waals surface area (Å²) in [6, 6.07) is -0.857. The van der Waals surface area contributed by atoms with Gasteiger partial charge in [0.05, 0.1) is 0 Å². The number of amides is 1. The molecule has 0 aliphatic carbocycles. The standard InChI is InChI=1S/C51H98N2O5/c1-3-5-7-9-11-13-15-17-18-19-20-21-22-24-26-28-30-35-39-45-50(55)58-47(41-36-32-29-27-25-23-16-14-12-10-8-6-4-2)42-37-33-31-34-38-44-49(54)53-48(51(56)57)43-40-46-52/h27,29,47-48H,3-26,28,30-46,52H2,1-2H3,(H,53,54)(H,56,57)/b29-27-. The number of esters is 1. The molecule has 342 valence electrons. The number of nitrogens with two attached hydrogens (primary N) is 1. The van der Waals surface area contributed by atoms with Gasteiger partial charge in [0, 0.05) is 12.8 Å². The van der Waals surface area contributed by atoms with Crippen LogP contribution in [0.1, 0.15) is 277 Å². The molecule has 7 nitrogen and oxygen atoms in total. The molecule has 0 bridgehead atoms. The van der Waals surface area contributed by atoms with Crippen molar-refractivity contribution in [3.05, 3.63) is 12.2 Å². The van der Waals surface area contributed by atoms with Crippen molar-refractivity contribution >= 4 is 17.8 Å². The number of carboxylic acid groups (broad SMARTS) is 1. The van der Waals surface area contributed by atoms with Gasteiger partial charge in [0.15, 0.2) is 0 Å². The molecule has 58 heavy (non-hydrogen) atoms. The van der Waals surface area contributed by atoms with Crippen LogP contribution in [0.15, 0.2) is 12.2 Å². The molecule has 0 saturated carbocycles. The first kappa shape index (κ1) is 56.1. The summed E-state index contributed by atoms with van der Waals surface area (Å²) < 4.78 is 6.07. The van der Waals surface area contributed by atoms with Gasteiger partial charge in [-0.3, -0.25) is 9.59 Å². The van der Waals surface area contributed by atoms with E-state index in [4.69, 9.17) is 10.5 Å². The number of hydrogen-bond acceptors (Lipinski definition) is 5. The van der Waals surface area contributed by atoms with Gasteiger partial charge in [0.1, 0.15) is 12.1 Å². The van der Waals surface area contributed by atoms with Crippen molar-refractivity contribution in [2.75, 3.05) is 6.54 Å². The summed E-state index contributed by atoms with van der Waals surface area (Å²) in [6.45, 7) is 4.97. The van der Waals surface area contributed by atoms with Gasteiger partial charge in [-0.15, -0.1) is 0 Å². The summed E-state index contributed by atoms with van der Waals surface area (Å²) >= 11 is 0. The van der Waals surface area contributed by atoms with Crippen LogP contribution in [0.25, 0.3) is 0 Å². The number of ether oxygens (including phenoxy) is 1. The average Bonchev–Trinajstić information content (AvgIpc) is 3.21. The van der Waals surface area contributed by atoms with E-state index in [0.29, 0.717) is 32.2 Å². The van der Waals surface area contributed by atoms with Crippen molar-refractivity contribution in [2.24, 2.45) is 5.73 Å². The van der Waals surface area contributed by atoms with Crippen LogP contribution < -0.4 is 11.1 Å². The summed E-state index contributed by atoms with van der Waals surface area (Å²) in [7, 11) is 0. The second kappa shape index (κ2) is 46.2. The third-order valence-electron chi connectivity index (χ3n) is 11.8. The van der Waals surface area contributed by atoms with Gasteiger partial charge >= 0.3 is 11.9 Å². The van der Waals surface area contributed by atoms with Crippen molar-refractivity contribution < 1.29 is 24.2 Å². The van der Waals surface area contributed by atoms with Crippen molar-refractivity contribution in [1.29, 1.82) is 0 Å². The molecule has 0 fully saturated rings. The zero-order valence-corrected chi connectivity index (χ0v) is 38.7. The predicted molar refractivity (Wildman–Crippen MR) is 248 cm³/mol. The number of carboxylic acids is 1. The molecule has 4 N–H and O–H groups in total. The summed E-state index contributed by atoms with van der Waals surface area (Å²) in [5.41, 5.74) is 5.50. The average molecular weight is 819 g/mol. The van der Waals surface area contributed by atoms with Gasteiger partial charge < -0.3 is 20.9 Å². The Balaban J connectivity index is 4.24. The summed E-state index contributed by atoms with van der Waals surface area (Å²) in [5, 5.41) is 12.0. The number of carbonyl (C=O) groups excluding carboxylic acids is 2. The van der Waals surface area contributed by atoms with Crippen LogP contribution >= 0.6 is 0 Å². The topological polar surface area (TPSA) is 119 Å². The highest BCUT2D eigenvalue weighted by Gasteiger charge is 2.19. The van der Waals surface area contributed by atoms with Crippen molar-refractivity contribution in [3.8, 4) is 0 Å². The van der Waals surface area contributed by atoms with E-state index in [2.05, 4.69) is 31.3 Å². The number of aliphatic carboxylic acids is 1. The van der Waals surface area contributed by atoms with E-state index in [-0.39, 0.29) is 18.0 Å². The number of carbonyl (C=O) groups is 3. The molecule has 0 aromatic rings. The Labute approximate surface area is 360 Å². The molecule has 0 aliphatic heterocycles. The van der Waals surface area contributed by atoms with E-state index in [1.807, 2.05) is 0 Å². The fourth-order valence-electron chi connectivity index (χ4n) is 7.98. The molecule has 2 atom stereocenters. The molecular formula is C51H98N2O5. The number of allylic oxidation sites excluding steroid dienone is 2. The van der Waals surface area contributed by atoms with Gasteiger partial charge in [-0.25, -0.2) is 4.79 Å². The Morgan fingerprint density at radius 3 is 1.31 bits per heavy atom. The zero-order valence-electron chi connectivity index (χ0n) is 38.7. The van der Waals surface area contributed by atoms with Crippen LogP contribution in [0, 0.1) is 0 Å². The number of rotatable bonds is 47. The number of hydrogen-bond donors (Lipinski definition) is 3. The summed E-state index contributed by atoms with van der Waals surface area (Å²) in [5.74, 6) is -1.23. The largest absolute Gasteiger partial charge is 0.480 e. The second-order valence-corrected chi connectivity index (χ2v) is 17.6. The first-order valence-corrected chi connectivity index (χ1v) is 25.5. The lowest BCUT2D eigenvalue weighted by Crippen LogP contribution is -2.40. The van der Waals surface area contributed by atoms with E-state index in [1.165, 1.54) is 167 Å². The maximum atomic E-state index is 12.9. The number of nitrogens with one attached hydrogen (secondary N) is 1. The van der Waals surface area contributed by atoms with Crippen molar-refractivity contribution in [2.45, 2.75) is 289 Å². The van der Waals surface area contributed by atoms with Crippen LogP contribution in [-0.2, 0) is 19.1 Å². The van der Waals surface area contributed by atoms with Crippen LogP contribution in [0.5, 0.6) is 0 Å². The first-order valence-electron chi connectivity index (χ1n) is 25.5. The molecule has 0 spiro atoms. The molecule has 0 radical (unpaired) electrons. The Kier molecular flexibility index (Phi) is 44.7. The Morgan fingerprint density at radius 1 is 0.483 bits per heavy atom. The Morgan fingerprint density at radius 2 is 0.862 bits per heavy atom. The molecule has 0 rings (SSSR count). The maximum absolute atomic E-state index is 12.9. The fourth-order valence-corrected chi connectivity index (χ4v) is 7.98. The Hall–Kier alpha value is -1.89. The predicted octanol–water partition coefficient (Wildman–Crippen LogP) is 15.0. The monoisotopic (exact) mass is 819 g/mol. The normalized spacial score (nSPS) is 12.6. The first-order chi connectivity index (χ1) is 28.4. The maximum Gasteiger partial charge on any atom is 0.326 e. The van der Waals surface area contributed by atoms with Gasteiger partial charge in [0.25, 0.3) is 0 Å². The van der Waals surface area contributed by atoms with E-state index >= 15 is 0 Å². The van der Waals surface area contributed by atoms with Crippen LogP contribution in [0.4, 0.5) is 0 Å². The lowest BCUT2D eigenvalue weighted by molar-refractivity contribution is -0.150. The van der Waals surface area contributed by atoms with Crippen LogP contribution in [0.3, 0.4) is 0 Å². The third kappa shape index (κ3) is 42.2. The van der Waals surface area contributed by atoms with E-state index in [9.17, 15) is 19.5 Å². The zero-order chi connectivity index (χ0) is 42.4. The van der Waals surface area contributed by atoms with Crippen LogP contribution in [-0.4, -0.2) is 41.6 Å². The minimum absolute atomic E-state index is 0.0128. The highest BCUT2D eigenvalue weighted by atomic mass is 16.5. The third-order valence-corrected chi connectivity index (χ3v) is 11.8. The molecule has 7 heteroatoms.